The van der Waals surface area contributed by atoms with Gasteiger partial charge in [0.1, 0.15) is 11.8 Å². The van der Waals surface area contributed by atoms with Gasteiger partial charge in [-0.1, -0.05) is 12.5 Å². The van der Waals surface area contributed by atoms with Crippen LogP contribution in [0.15, 0.2) is 18.2 Å². The summed E-state index contributed by atoms with van der Waals surface area (Å²) in [6, 6.07) is 7.89. The second-order valence-electron chi connectivity index (χ2n) is 4.77. The monoisotopic (exact) mass is 276 g/mol. The Bertz CT molecular complexity index is 450. The minimum absolute atomic E-state index is 0.592. The largest absolute Gasteiger partial charge is 0.495 e. The highest BCUT2D eigenvalue weighted by atomic mass is 32.2. The molecule has 1 aromatic carbocycles. The quantitative estimate of drug-likeness (QED) is 0.898. The highest BCUT2D eigenvalue weighted by Crippen LogP contribution is 2.24. The second kappa shape index (κ2) is 7.42. The molecule has 0 amide bonds. The molecule has 1 heterocycles. The van der Waals surface area contributed by atoms with Gasteiger partial charge in [-0.3, -0.25) is 0 Å². The predicted octanol–water partition coefficient (Wildman–Crippen LogP) is 2.94. The van der Waals surface area contributed by atoms with E-state index in [2.05, 4.69) is 23.1 Å². The summed E-state index contributed by atoms with van der Waals surface area (Å²) in [5, 5.41) is 13.2. The van der Waals surface area contributed by atoms with Gasteiger partial charge in [-0.25, -0.2) is 0 Å². The summed E-state index contributed by atoms with van der Waals surface area (Å²) in [4.78, 5) is 0. The molecule has 1 aliphatic rings. The Balaban J connectivity index is 1.84. The Morgan fingerprint density at radius 1 is 1.47 bits per heavy atom. The normalized spacial score (nSPS) is 18.8. The molecule has 3 nitrogen and oxygen atoms in total. The zero-order chi connectivity index (χ0) is 13.5. The summed E-state index contributed by atoms with van der Waals surface area (Å²) < 4.78 is 5.22. The van der Waals surface area contributed by atoms with Crippen LogP contribution in [0.1, 0.15) is 30.4 Å². The molecule has 0 bridgehead atoms. The highest BCUT2D eigenvalue weighted by molar-refractivity contribution is 7.99. The number of nitrogens with zero attached hydrogens (tertiary/aromatic N) is 1. The summed E-state index contributed by atoms with van der Waals surface area (Å²) in [6.07, 6.45) is 4.06. The van der Waals surface area contributed by atoms with Gasteiger partial charge in [-0.05, 0) is 36.3 Å². The third-order valence-electron chi connectivity index (χ3n) is 3.36. The van der Waals surface area contributed by atoms with E-state index in [1.165, 1.54) is 25.0 Å². The van der Waals surface area contributed by atoms with Crippen LogP contribution in [-0.4, -0.2) is 24.7 Å². The highest BCUT2D eigenvalue weighted by Gasteiger charge is 2.13. The number of nitriles is 1. The summed E-state index contributed by atoms with van der Waals surface area (Å²) in [6.45, 7) is 1.89. The average Bonchev–Trinajstić information content (AvgIpc) is 2.48. The molecule has 1 fully saturated rings. The molecule has 0 radical (unpaired) electrons. The van der Waals surface area contributed by atoms with Gasteiger partial charge in [0.15, 0.2) is 0 Å². The van der Waals surface area contributed by atoms with Crippen LogP contribution < -0.4 is 10.1 Å². The Kier molecular flexibility index (Phi) is 5.56. The van der Waals surface area contributed by atoms with Gasteiger partial charge >= 0.3 is 0 Å². The lowest BCUT2D eigenvalue weighted by Gasteiger charge is -2.21. The molecule has 2 rings (SSSR count). The van der Waals surface area contributed by atoms with E-state index >= 15 is 0 Å². The number of hydrogen-bond donors (Lipinski definition) is 1. The van der Waals surface area contributed by atoms with E-state index in [0.717, 1.165) is 23.9 Å². The van der Waals surface area contributed by atoms with Crippen molar-refractivity contribution in [1.82, 2.24) is 5.32 Å². The first-order valence-electron chi connectivity index (χ1n) is 6.73. The van der Waals surface area contributed by atoms with Crippen LogP contribution in [0.4, 0.5) is 0 Å². The Morgan fingerprint density at radius 2 is 2.37 bits per heavy atom. The summed E-state index contributed by atoms with van der Waals surface area (Å²) in [7, 11) is 1.60. The van der Waals surface area contributed by atoms with E-state index in [0.29, 0.717) is 11.3 Å². The van der Waals surface area contributed by atoms with Crippen molar-refractivity contribution < 1.29 is 4.74 Å². The molecule has 1 saturated heterocycles. The van der Waals surface area contributed by atoms with Crippen LogP contribution >= 0.6 is 11.8 Å². The average molecular weight is 276 g/mol. The zero-order valence-electron chi connectivity index (χ0n) is 11.3. The van der Waals surface area contributed by atoms with Gasteiger partial charge in [0.05, 0.1) is 12.7 Å². The van der Waals surface area contributed by atoms with Gasteiger partial charge in [-0.15, -0.1) is 0 Å². The van der Waals surface area contributed by atoms with Crippen molar-refractivity contribution in [2.45, 2.75) is 31.1 Å². The van der Waals surface area contributed by atoms with Crippen molar-refractivity contribution in [1.29, 1.82) is 5.26 Å². The van der Waals surface area contributed by atoms with Crippen molar-refractivity contribution in [2.75, 3.05) is 19.4 Å². The standard InChI is InChI=1S/C15H20N2OS/c1-18-15-8-12(5-6-13(15)9-16)10-17-11-14-4-2-3-7-19-14/h5-6,8,14,17H,2-4,7,10-11H2,1H3. The lowest BCUT2D eigenvalue weighted by molar-refractivity contribution is 0.412. The van der Waals surface area contributed by atoms with Crippen LogP contribution in [0.2, 0.25) is 0 Å². The van der Waals surface area contributed by atoms with E-state index in [1.807, 2.05) is 18.2 Å². The summed E-state index contributed by atoms with van der Waals surface area (Å²) in [5.41, 5.74) is 1.76. The Morgan fingerprint density at radius 3 is 3.05 bits per heavy atom. The maximum absolute atomic E-state index is 8.94. The molecule has 19 heavy (non-hydrogen) atoms. The minimum atomic E-state index is 0.592. The first kappa shape index (κ1) is 14.2. The minimum Gasteiger partial charge on any atom is -0.495 e. The van der Waals surface area contributed by atoms with Crippen molar-refractivity contribution in [3.05, 3.63) is 29.3 Å². The fourth-order valence-corrected chi connectivity index (χ4v) is 3.56. The van der Waals surface area contributed by atoms with Crippen LogP contribution in [-0.2, 0) is 6.54 Å². The van der Waals surface area contributed by atoms with Crippen LogP contribution in [0, 0.1) is 11.3 Å². The number of ether oxygens (including phenoxy) is 1. The van der Waals surface area contributed by atoms with Gasteiger partial charge in [-0.2, -0.15) is 17.0 Å². The zero-order valence-corrected chi connectivity index (χ0v) is 12.1. The van der Waals surface area contributed by atoms with Crippen LogP contribution in [0.25, 0.3) is 0 Å². The second-order valence-corrected chi connectivity index (χ2v) is 6.17. The van der Waals surface area contributed by atoms with Crippen LogP contribution in [0.3, 0.4) is 0 Å². The van der Waals surface area contributed by atoms with Gasteiger partial charge in [0, 0.05) is 18.3 Å². The fourth-order valence-electron chi connectivity index (χ4n) is 2.28. The van der Waals surface area contributed by atoms with Gasteiger partial charge < -0.3 is 10.1 Å². The van der Waals surface area contributed by atoms with Gasteiger partial charge in [0.25, 0.3) is 0 Å². The third-order valence-corrected chi connectivity index (χ3v) is 4.76. The summed E-state index contributed by atoms with van der Waals surface area (Å²) >= 11 is 2.08. The first-order valence-corrected chi connectivity index (χ1v) is 7.77. The Labute approximate surface area is 119 Å². The predicted molar refractivity (Wildman–Crippen MR) is 79.5 cm³/mol. The molecular weight excluding hydrogens is 256 g/mol. The molecule has 1 atom stereocenters. The molecule has 0 saturated carbocycles. The maximum atomic E-state index is 8.94. The molecule has 1 unspecified atom stereocenters. The molecular formula is C15H20N2OS. The number of benzene rings is 1. The molecule has 1 N–H and O–H groups in total. The molecule has 102 valence electrons. The molecule has 1 aromatic rings. The number of hydrogen-bond acceptors (Lipinski definition) is 4. The molecule has 0 aromatic heterocycles. The molecule has 4 heteroatoms. The topological polar surface area (TPSA) is 45.0 Å². The van der Waals surface area contributed by atoms with E-state index in [4.69, 9.17) is 10.00 Å². The maximum Gasteiger partial charge on any atom is 0.136 e. The molecule has 0 aliphatic carbocycles. The van der Waals surface area contributed by atoms with E-state index in [-0.39, 0.29) is 0 Å². The summed E-state index contributed by atoms with van der Waals surface area (Å²) in [5.74, 6) is 1.96. The fraction of sp³-hybridized carbons (Fsp3) is 0.533. The SMILES string of the molecule is COc1cc(CNCC2CCCCS2)ccc1C#N. The van der Waals surface area contributed by atoms with Gasteiger partial charge in [0.2, 0.25) is 0 Å². The van der Waals surface area contributed by atoms with Crippen LogP contribution in [0.5, 0.6) is 5.75 Å². The lowest BCUT2D eigenvalue weighted by Crippen LogP contribution is -2.26. The molecule has 0 spiro atoms. The third kappa shape index (κ3) is 4.15. The van der Waals surface area contributed by atoms with E-state index < -0.39 is 0 Å². The first-order chi connectivity index (χ1) is 9.33. The van der Waals surface area contributed by atoms with Crippen molar-refractivity contribution >= 4 is 11.8 Å². The van der Waals surface area contributed by atoms with E-state index in [9.17, 15) is 0 Å². The smallest absolute Gasteiger partial charge is 0.136 e. The Hall–Kier alpha value is -1.18. The van der Waals surface area contributed by atoms with Crippen molar-refractivity contribution in [2.24, 2.45) is 0 Å². The van der Waals surface area contributed by atoms with Crippen molar-refractivity contribution in [3.63, 3.8) is 0 Å². The lowest BCUT2D eigenvalue weighted by atomic mass is 10.1. The number of methoxy groups -OCH3 is 1. The number of thioether (sulfide) groups is 1. The van der Waals surface area contributed by atoms with Crippen molar-refractivity contribution in [3.8, 4) is 11.8 Å². The number of rotatable bonds is 5. The molecule has 1 aliphatic heterocycles. The van der Waals surface area contributed by atoms with E-state index in [1.54, 1.807) is 7.11 Å². The number of nitrogens with one attached hydrogen (secondary N) is 1.